The summed E-state index contributed by atoms with van der Waals surface area (Å²) in [6.07, 6.45) is 2.84. The fraction of sp³-hybridized carbons (Fsp3) is 0.235. The Morgan fingerprint density at radius 1 is 1.14 bits per heavy atom. The Hall–Kier alpha value is -2.23. The highest BCUT2D eigenvalue weighted by molar-refractivity contribution is 5.84. The normalized spacial score (nSPS) is 14.0. The van der Waals surface area contributed by atoms with Gasteiger partial charge >= 0.3 is 0 Å². The molecule has 0 aliphatic heterocycles. The van der Waals surface area contributed by atoms with Gasteiger partial charge in [0.05, 0.1) is 12.7 Å². The van der Waals surface area contributed by atoms with Gasteiger partial charge in [-0.25, -0.2) is 8.78 Å². The lowest BCUT2D eigenvalue weighted by Gasteiger charge is -2.13. The molecule has 0 radical (unpaired) electrons. The summed E-state index contributed by atoms with van der Waals surface area (Å²) in [7, 11) is 1.48. The first-order valence-electron chi connectivity index (χ1n) is 6.76. The number of halogens is 2. The maximum Gasteiger partial charge on any atom is 0.159 e. The number of methoxy groups -OCH3 is 1. The van der Waals surface area contributed by atoms with Crippen molar-refractivity contribution in [1.29, 1.82) is 0 Å². The molecule has 1 saturated carbocycles. The van der Waals surface area contributed by atoms with E-state index in [-0.39, 0.29) is 0 Å². The van der Waals surface area contributed by atoms with E-state index in [0.717, 1.165) is 36.3 Å². The first-order valence-corrected chi connectivity index (χ1v) is 6.76. The van der Waals surface area contributed by atoms with Gasteiger partial charge in [0.1, 0.15) is 5.75 Å². The fourth-order valence-corrected chi connectivity index (χ4v) is 2.53. The topological polar surface area (TPSA) is 26.3 Å². The molecule has 2 nitrogen and oxygen atoms in total. The van der Waals surface area contributed by atoms with Crippen LogP contribution < -0.4 is 4.74 Å². The second-order valence-electron chi connectivity index (χ2n) is 5.20. The van der Waals surface area contributed by atoms with E-state index in [1.54, 1.807) is 18.2 Å². The number of hydrogen-bond acceptors (Lipinski definition) is 2. The summed E-state index contributed by atoms with van der Waals surface area (Å²) in [5.41, 5.74) is 2.85. The van der Waals surface area contributed by atoms with Crippen LogP contribution in [0, 0.1) is 11.6 Å². The van der Waals surface area contributed by atoms with Crippen LogP contribution in [0.4, 0.5) is 8.78 Å². The zero-order chi connectivity index (χ0) is 15.0. The standard InChI is InChI=1S/C17H14F2O2/c1-21-17-8-14(11-4-5-15(18)16(19)7-11)13(10-2-3-10)6-12(17)9-20/h4-10H,2-3H2,1H3. The lowest BCUT2D eigenvalue weighted by molar-refractivity contribution is 0.112. The molecule has 3 rings (SSSR count). The van der Waals surface area contributed by atoms with Gasteiger partial charge in [-0.05, 0) is 59.7 Å². The highest BCUT2D eigenvalue weighted by Crippen LogP contribution is 2.46. The molecular formula is C17H14F2O2. The number of carbonyl (C=O) groups is 1. The van der Waals surface area contributed by atoms with E-state index >= 15 is 0 Å². The largest absolute Gasteiger partial charge is 0.496 e. The summed E-state index contributed by atoms with van der Waals surface area (Å²) >= 11 is 0. The van der Waals surface area contributed by atoms with Crippen LogP contribution in [0.25, 0.3) is 11.1 Å². The SMILES string of the molecule is COc1cc(-c2ccc(F)c(F)c2)c(C2CC2)cc1C=O. The van der Waals surface area contributed by atoms with Gasteiger partial charge in [-0.1, -0.05) is 6.07 Å². The summed E-state index contributed by atoms with van der Waals surface area (Å²) in [4.78, 5) is 11.1. The Balaban J connectivity index is 2.19. The molecule has 4 heteroatoms. The number of carbonyl (C=O) groups excluding carboxylic acids is 1. The van der Waals surface area contributed by atoms with Gasteiger partial charge in [-0.2, -0.15) is 0 Å². The van der Waals surface area contributed by atoms with E-state index < -0.39 is 11.6 Å². The van der Waals surface area contributed by atoms with Crippen molar-refractivity contribution in [3.05, 3.63) is 53.1 Å². The highest BCUT2D eigenvalue weighted by atomic mass is 19.2. The molecule has 1 aliphatic carbocycles. The van der Waals surface area contributed by atoms with Crippen LogP contribution in [0.2, 0.25) is 0 Å². The Labute approximate surface area is 121 Å². The van der Waals surface area contributed by atoms with Crippen molar-refractivity contribution in [2.24, 2.45) is 0 Å². The van der Waals surface area contributed by atoms with Crippen molar-refractivity contribution in [3.63, 3.8) is 0 Å². The number of ether oxygens (including phenoxy) is 1. The predicted octanol–water partition coefficient (Wildman–Crippen LogP) is 4.33. The van der Waals surface area contributed by atoms with Crippen LogP contribution in [0.1, 0.15) is 34.7 Å². The molecule has 2 aromatic carbocycles. The predicted molar refractivity (Wildman–Crippen MR) is 75.7 cm³/mol. The van der Waals surface area contributed by atoms with Gasteiger partial charge in [-0.3, -0.25) is 4.79 Å². The van der Waals surface area contributed by atoms with E-state index in [9.17, 15) is 13.6 Å². The maximum atomic E-state index is 13.5. The third-order valence-electron chi connectivity index (χ3n) is 3.78. The molecule has 0 saturated heterocycles. The molecule has 0 heterocycles. The Morgan fingerprint density at radius 2 is 1.90 bits per heavy atom. The average molecular weight is 288 g/mol. The van der Waals surface area contributed by atoms with E-state index in [1.807, 2.05) is 0 Å². The number of rotatable bonds is 4. The zero-order valence-corrected chi connectivity index (χ0v) is 11.5. The molecule has 0 amide bonds. The lowest BCUT2D eigenvalue weighted by Crippen LogP contribution is -1.97. The quantitative estimate of drug-likeness (QED) is 0.783. The number of hydrogen-bond donors (Lipinski definition) is 0. The average Bonchev–Trinajstić information content (AvgIpc) is 3.33. The molecule has 1 fully saturated rings. The van der Waals surface area contributed by atoms with Gasteiger partial charge in [0.15, 0.2) is 17.9 Å². The van der Waals surface area contributed by atoms with Crippen molar-refractivity contribution < 1.29 is 18.3 Å². The summed E-state index contributed by atoms with van der Waals surface area (Å²) < 4.78 is 31.8. The Kier molecular flexibility index (Phi) is 3.45. The third-order valence-corrected chi connectivity index (χ3v) is 3.78. The van der Waals surface area contributed by atoms with Crippen molar-refractivity contribution >= 4 is 6.29 Å². The summed E-state index contributed by atoms with van der Waals surface area (Å²) in [5, 5.41) is 0. The smallest absolute Gasteiger partial charge is 0.159 e. The third kappa shape index (κ3) is 2.53. The molecule has 1 aliphatic rings. The summed E-state index contributed by atoms with van der Waals surface area (Å²) in [6, 6.07) is 7.35. The Morgan fingerprint density at radius 3 is 2.48 bits per heavy atom. The molecule has 0 N–H and O–H groups in total. The molecular weight excluding hydrogens is 274 g/mol. The van der Waals surface area contributed by atoms with Gasteiger partial charge in [0.25, 0.3) is 0 Å². The van der Waals surface area contributed by atoms with Gasteiger partial charge in [0, 0.05) is 0 Å². The van der Waals surface area contributed by atoms with Gasteiger partial charge in [-0.15, -0.1) is 0 Å². The monoisotopic (exact) mass is 288 g/mol. The van der Waals surface area contributed by atoms with Crippen LogP contribution in [-0.4, -0.2) is 13.4 Å². The number of benzene rings is 2. The molecule has 0 spiro atoms. The van der Waals surface area contributed by atoms with Gasteiger partial charge < -0.3 is 4.74 Å². The molecule has 0 unspecified atom stereocenters. The van der Waals surface area contributed by atoms with E-state index in [2.05, 4.69) is 0 Å². The minimum atomic E-state index is -0.882. The van der Waals surface area contributed by atoms with Crippen molar-refractivity contribution in [3.8, 4) is 16.9 Å². The molecule has 0 bridgehead atoms. The van der Waals surface area contributed by atoms with Crippen molar-refractivity contribution in [2.75, 3.05) is 7.11 Å². The first kappa shape index (κ1) is 13.7. The molecule has 108 valence electrons. The van der Waals surface area contributed by atoms with E-state index in [0.29, 0.717) is 22.8 Å². The highest BCUT2D eigenvalue weighted by Gasteiger charge is 2.28. The van der Waals surface area contributed by atoms with Crippen LogP contribution in [0.15, 0.2) is 30.3 Å². The fourth-order valence-electron chi connectivity index (χ4n) is 2.53. The van der Waals surface area contributed by atoms with Crippen LogP contribution >= 0.6 is 0 Å². The van der Waals surface area contributed by atoms with Crippen molar-refractivity contribution in [2.45, 2.75) is 18.8 Å². The summed E-state index contributed by atoms with van der Waals surface area (Å²) in [5.74, 6) is -0.942. The minimum absolute atomic E-state index is 0.373. The first-order chi connectivity index (χ1) is 10.1. The number of aldehydes is 1. The molecule has 21 heavy (non-hydrogen) atoms. The van der Waals surface area contributed by atoms with E-state index in [4.69, 9.17) is 4.74 Å². The van der Waals surface area contributed by atoms with Crippen LogP contribution in [0.3, 0.4) is 0 Å². The maximum absolute atomic E-state index is 13.5. The van der Waals surface area contributed by atoms with Gasteiger partial charge in [0.2, 0.25) is 0 Å². The summed E-state index contributed by atoms with van der Waals surface area (Å²) in [6.45, 7) is 0. The lowest BCUT2D eigenvalue weighted by atomic mass is 9.94. The zero-order valence-electron chi connectivity index (χ0n) is 11.5. The van der Waals surface area contributed by atoms with E-state index in [1.165, 1.54) is 13.2 Å². The molecule has 0 atom stereocenters. The minimum Gasteiger partial charge on any atom is -0.496 e. The molecule has 2 aromatic rings. The Bertz CT molecular complexity index is 706. The second-order valence-corrected chi connectivity index (χ2v) is 5.20. The van der Waals surface area contributed by atoms with Crippen LogP contribution in [0.5, 0.6) is 5.75 Å². The van der Waals surface area contributed by atoms with Crippen molar-refractivity contribution in [1.82, 2.24) is 0 Å². The van der Waals surface area contributed by atoms with Crippen LogP contribution in [-0.2, 0) is 0 Å². The second kappa shape index (κ2) is 5.28. The molecule has 0 aromatic heterocycles.